The van der Waals surface area contributed by atoms with E-state index in [0.29, 0.717) is 34.7 Å². The van der Waals surface area contributed by atoms with Crippen LogP contribution in [0.5, 0.6) is 0 Å². The molecule has 3 aromatic rings. The number of aromatic nitrogens is 2. The maximum absolute atomic E-state index is 12.8. The molecule has 10 heteroatoms. The minimum Gasteiger partial charge on any atom is -0.460 e. The zero-order chi connectivity index (χ0) is 20.8. The van der Waals surface area contributed by atoms with E-state index < -0.39 is 17.6 Å². The van der Waals surface area contributed by atoms with Gasteiger partial charge in [-0.05, 0) is 30.3 Å². The highest BCUT2D eigenvalue weighted by molar-refractivity contribution is 6.42. The van der Waals surface area contributed by atoms with E-state index in [1.54, 1.807) is 24.3 Å². The lowest BCUT2D eigenvalue weighted by Crippen LogP contribution is -2.36. The van der Waals surface area contributed by atoms with Crippen molar-refractivity contribution in [1.29, 1.82) is 0 Å². The second kappa shape index (κ2) is 7.51. The first-order valence-corrected chi connectivity index (χ1v) is 9.42. The van der Waals surface area contributed by atoms with Gasteiger partial charge in [-0.3, -0.25) is 9.69 Å². The smallest absolute Gasteiger partial charge is 0.449 e. The number of rotatable bonds is 3. The molecule has 0 saturated carbocycles. The fourth-order valence-corrected chi connectivity index (χ4v) is 3.54. The number of H-pyrrole nitrogens is 1. The van der Waals surface area contributed by atoms with Gasteiger partial charge in [0.2, 0.25) is 5.82 Å². The lowest BCUT2D eigenvalue weighted by molar-refractivity contribution is -0.145. The van der Waals surface area contributed by atoms with Gasteiger partial charge in [0.1, 0.15) is 11.5 Å². The predicted octanol–water partition coefficient (Wildman–Crippen LogP) is 4.91. The third-order valence-electron chi connectivity index (χ3n) is 4.66. The first-order chi connectivity index (χ1) is 13.7. The van der Waals surface area contributed by atoms with Crippen molar-refractivity contribution in [2.24, 2.45) is 0 Å². The van der Waals surface area contributed by atoms with Crippen LogP contribution in [0.25, 0.3) is 11.3 Å². The Morgan fingerprint density at radius 2 is 1.97 bits per heavy atom. The zero-order valence-corrected chi connectivity index (χ0v) is 16.3. The third kappa shape index (κ3) is 4.19. The van der Waals surface area contributed by atoms with E-state index in [0.717, 1.165) is 5.56 Å². The standard InChI is InChI=1S/C19H14Cl2F3N3O2/c20-13-3-1-10(7-14(13)21)16-4-2-11(29-16)8-27-6-5-15-12(9-27)17(28)26-18(25-15)19(22,23)24/h1-4,7H,5-6,8-9H2,(H,25,26,28). The van der Waals surface area contributed by atoms with Crippen molar-refractivity contribution in [3.63, 3.8) is 0 Å². The number of furan rings is 1. The van der Waals surface area contributed by atoms with Crippen LogP contribution >= 0.6 is 23.2 Å². The SMILES string of the molecule is O=c1[nH]c(C(F)(F)F)nc2c1CN(Cc1ccc(-c3ccc(Cl)c(Cl)c3)o1)CC2. The van der Waals surface area contributed by atoms with Crippen LogP contribution in [-0.4, -0.2) is 21.4 Å². The lowest BCUT2D eigenvalue weighted by Gasteiger charge is -2.27. The Morgan fingerprint density at radius 1 is 1.17 bits per heavy atom. The summed E-state index contributed by atoms with van der Waals surface area (Å²) in [4.78, 5) is 19.5. The Morgan fingerprint density at radius 3 is 2.69 bits per heavy atom. The number of benzene rings is 1. The van der Waals surface area contributed by atoms with E-state index in [2.05, 4.69) is 4.98 Å². The molecule has 5 nitrogen and oxygen atoms in total. The van der Waals surface area contributed by atoms with Gasteiger partial charge in [-0.1, -0.05) is 23.2 Å². The summed E-state index contributed by atoms with van der Waals surface area (Å²) in [5, 5.41) is 0.862. The van der Waals surface area contributed by atoms with Gasteiger partial charge in [0, 0.05) is 25.1 Å². The largest absolute Gasteiger partial charge is 0.460 e. The Balaban J connectivity index is 1.51. The van der Waals surface area contributed by atoms with Crippen LogP contribution in [0.15, 0.2) is 39.5 Å². The number of hydrogen-bond acceptors (Lipinski definition) is 4. The highest BCUT2D eigenvalue weighted by Crippen LogP contribution is 2.30. The van der Waals surface area contributed by atoms with Crippen molar-refractivity contribution in [1.82, 2.24) is 14.9 Å². The predicted molar refractivity (Wildman–Crippen MR) is 102 cm³/mol. The second-order valence-electron chi connectivity index (χ2n) is 6.69. The monoisotopic (exact) mass is 443 g/mol. The topological polar surface area (TPSA) is 62.1 Å². The summed E-state index contributed by atoms with van der Waals surface area (Å²) in [5.74, 6) is 0.0168. The number of alkyl halides is 3. The summed E-state index contributed by atoms with van der Waals surface area (Å²) in [5.41, 5.74) is 0.451. The summed E-state index contributed by atoms with van der Waals surface area (Å²) in [6.07, 6.45) is -4.43. The highest BCUT2D eigenvalue weighted by atomic mass is 35.5. The average Bonchev–Trinajstić information content (AvgIpc) is 3.12. The molecule has 152 valence electrons. The van der Waals surface area contributed by atoms with Crippen LogP contribution in [0.1, 0.15) is 22.8 Å². The van der Waals surface area contributed by atoms with E-state index in [4.69, 9.17) is 27.6 Å². The maximum Gasteiger partial charge on any atom is 0.449 e. The molecule has 0 bridgehead atoms. The summed E-state index contributed by atoms with van der Waals surface area (Å²) < 4.78 is 44.3. The van der Waals surface area contributed by atoms with Gasteiger partial charge in [0.15, 0.2) is 0 Å². The minimum atomic E-state index is -4.68. The van der Waals surface area contributed by atoms with E-state index in [9.17, 15) is 18.0 Å². The Kier molecular flexibility index (Phi) is 5.18. The van der Waals surface area contributed by atoms with Crippen LogP contribution in [-0.2, 0) is 25.7 Å². The average molecular weight is 444 g/mol. The van der Waals surface area contributed by atoms with Crippen LogP contribution in [0.3, 0.4) is 0 Å². The molecule has 0 aliphatic carbocycles. The van der Waals surface area contributed by atoms with Gasteiger partial charge in [0.25, 0.3) is 5.56 Å². The highest BCUT2D eigenvalue weighted by Gasteiger charge is 2.36. The van der Waals surface area contributed by atoms with Crippen molar-refractivity contribution in [3.05, 3.63) is 73.6 Å². The molecule has 3 heterocycles. The molecule has 2 aromatic heterocycles. The fraction of sp³-hybridized carbons (Fsp3) is 0.263. The number of nitrogens with one attached hydrogen (secondary N) is 1. The summed E-state index contributed by atoms with van der Waals surface area (Å²) >= 11 is 12.0. The number of aromatic amines is 1. The quantitative estimate of drug-likeness (QED) is 0.624. The number of halogens is 5. The molecule has 0 amide bonds. The van der Waals surface area contributed by atoms with Crippen LogP contribution in [0, 0.1) is 0 Å². The van der Waals surface area contributed by atoms with E-state index >= 15 is 0 Å². The molecule has 0 atom stereocenters. The van der Waals surface area contributed by atoms with E-state index in [1.165, 1.54) is 0 Å². The number of hydrogen-bond donors (Lipinski definition) is 1. The molecule has 4 rings (SSSR count). The zero-order valence-electron chi connectivity index (χ0n) is 14.8. The number of fused-ring (bicyclic) bond motifs is 1. The van der Waals surface area contributed by atoms with Gasteiger partial charge in [-0.25, -0.2) is 4.98 Å². The van der Waals surface area contributed by atoms with Crippen molar-refractivity contribution in [3.8, 4) is 11.3 Å². The lowest BCUT2D eigenvalue weighted by atomic mass is 10.1. The first kappa shape index (κ1) is 20.0. The van der Waals surface area contributed by atoms with Crippen LogP contribution in [0.2, 0.25) is 10.0 Å². The van der Waals surface area contributed by atoms with Crippen molar-refractivity contribution < 1.29 is 17.6 Å². The molecule has 0 radical (unpaired) electrons. The Labute approximate surface area is 173 Å². The summed E-state index contributed by atoms with van der Waals surface area (Å²) in [7, 11) is 0. The molecular weight excluding hydrogens is 430 g/mol. The molecule has 1 aliphatic rings. The molecule has 0 unspecified atom stereocenters. The molecule has 0 spiro atoms. The summed E-state index contributed by atoms with van der Waals surface area (Å²) in [6.45, 7) is 1.06. The molecule has 1 aliphatic heterocycles. The van der Waals surface area contributed by atoms with Gasteiger partial charge in [-0.2, -0.15) is 13.2 Å². The first-order valence-electron chi connectivity index (χ1n) is 8.66. The maximum atomic E-state index is 12.8. The van der Waals surface area contributed by atoms with Crippen molar-refractivity contribution in [2.45, 2.75) is 25.7 Å². The molecule has 0 fully saturated rings. The minimum absolute atomic E-state index is 0.188. The van der Waals surface area contributed by atoms with Gasteiger partial charge >= 0.3 is 6.18 Å². The Hall–Kier alpha value is -2.29. The molecule has 1 aromatic carbocycles. The fourth-order valence-electron chi connectivity index (χ4n) is 3.24. The van der Waals surface area contributed by atoms with E-state index in [-0.39, 0.29) is 24.2 Å². The third-order valence-corrected chi connectivity index (χ3v) is 5.40. The molecule has 0 saturated heterocycles. The number of nitrogens with zero attached hydrogens (tertiary/aromatic N) is 2. The molecule has 1 N–H and O–H groups in total. The normalized spacial score (nSPS) is 14.8. The summed E-state index contributed by atoms with van der Waals surface area (Å²) in [6, 6.07) is 8.78. The van der Waals surface area contributed by atoms with Gasteiger partial charge in [0.05, 0.1) is 27.8 Å². The van der Waals surface area contributed by atoms with Gasteiger partial charge < -0.3 is 9.40 Å². The van der Waals surface area contributed by atoms with Gasteiger partial charge in [-0.15, -0.1) is 0 Å². The van der Waals surface area contributed by atoms with Crippen molar-refractivity contribution in [2.75, 3.05) is 6.54 Å². The Bertz CT molecular complexity index is 1120. The molecule has 29 heavy (non-hydrogen) atoms. The molecular formula is C19H14Cl2F3N3O2. The van der Waals surface area contributed by atoms with Crippen LogP contribution in [0.4, 0.5) is 13.2 Å². The second-order valence-corrected chi connectivity index (χ2v) is 7.51. The van der Waals surface area contributed by atoms with Crippen LogP contribution < -0.4 is 5.56 Å². The van der Waals surface area contributed by atoms with E-state index in [1.807, 2.05) is 16.0 Å². The van der Waals surface area contributed by atoms with Crippen molar-refractivity contribution >= 4 is 23.2 Å².